The molecule has 1 heterocycles. The van der Waals surface area contributed by atoms with Gasteiger partial charge in [-0.2, -0.15) is 13.2 Å². The average Bonchev–Trinajstić information content (AvgIpc) is 2.73. The lowest BCUT2D eigenvalue weighted by Crippen LogP contribution is -2.37. The van der Waals surface area contributed by atoms with E-state index in [9.17, 15) is 27.2 Å². The van der Waals surface area contributed by atoms with Crippen LogP contribution in [-0.4, -0.2) is 44.3 Å². The summed E-state index contributed by atoms with van der Waals surface area (Å²) >= 11 is 5.82. The first-order valence-corrected chi connectivity index (χ1v) is 9.95. The number of alkyl halides is 3. The summed E-state index contributed by atoms with van der Waals surface area (Å²) in [5.74, 6) is -2.47. The van der Waals surface area contributed by atoms with Gasteiger partial charge in [0.2, 0.25) is 0 Å². The molecule has 172 valence electrons. The number of hydrogen-bond acceptors (Lipinski definition) is 5. The van der Waals surface area contributed by atoms with Gasteiger partial charge < -0.3 is 19.7 Å². The monoisotopic (exact) mass is 474 g/mol. The lowest BCUT2D eigenvalue weighted by atomic mass is 10.1. The molecule has 1 fully saturated rings. The highest BCUT2D eigenvalue weighted by Crippen LogP contribution is 2.36. The molecule has 0 bridgehead atoms. The second-order valence-electron chi connectivity index (χ2n) is 6.99. The lowest BCUT2D eigenvalue weighted by Gasteiger charge is -2.31. The highest BCUT2D eigenvalue weighted by Gasteiger charge is 2.32. The summed E-state index contributed by atoms with van der Waals surface area (Å²) in [7, 11) is 0. The van der Waals surface area contributed by atoms with Gasteiger partial charge in [0.25, 0.3) is 5.91 Å². The third-order valence-corrected chi connectivity index (χ3v) is 5.05. The van der Waals surface area contributed by atoms with E-state index in [2.05, 4.69) is 5.32 Å². The molecule has 0 aliphatic carbocycles. The molecule has 1 aliphatic rings. The molecule has 0 radical (unpaired) electrons. The minimum absolute atomic E-state index is 0.0746. The van der Waals surface area contributed by atoms with Gasteiger partial charge in [-0.3, -0.25) is 4.79 Å². The van der Waals surface area contributed by atoms with E-state index in [1.165, 1.54) is 13.0 Å². The zero-order valence-electron chi connectivity index (χ0n) is 16.8. The Morgan fingerprint density at radius 3 is 2.47 bits per heavy atom. The van der Waals surface area contributed by atoms with Gasteiger partial charge in [-0.25, -0.2) is 9.18 Å². The number of halogens is 5. The molecule has 1 aliphatic heterocycles. The normalized spacial score (nSPS) is 15.2. The maximum atomic E-state index is 13.2. The summed E-state index contributed by atoms with van der Waals surface area (Å²) in [6.45, 7) is 2.90. The molecule has 2 aromatic rings. The molecule has 32 heavy (non-hydrogen) atoms. The van der Waals surface area contributed by atoms with E-state index < -0.39 is 35.5 Å². The molecule has 0 aromatic heterocycles. The topological polar surface area (TPSA) is 67.9 Å². The lowest BCUT2D eigenvalue weighted by molar-refractivity contribution is -0.137. The molecule has 1 unspecified atom stereocenters. The summed E-state index contributed by atoms with van der Waals surface area (Å²) in [6, 6.07) is 6.06. The first-order valence-electron chi connectivity index (χ1n) is 9.57. The number of benzene rings is 2. The van der Waals surface area contributed by atoms with Gasteiger partial charge in [0.05, 0.1) is 40.7 Å². The second-order valence-corrected chi connectivity index (χ2v) is 7.40. The quantitative estimate of drug-likeness (QED) is 0.510. The van der Waals surface area contributed by atoms with Crippen molar-refractivity contribution in [3.05, 3.63) is 58.4 Å². The van der Waals surface area contributed by atoms with Crippen LogP contribution in [-0.2, 0) is 20.4 Å². The van der Waals surface area contributed by atoms with Crippen molar-refractivity contribution >= 4 is 34.9 Å². The van der Waals surface area contributed by atoms with Crippen LogP contribution in [0, 0.1) is 5.82 Å². The summed E-state index contributed by atoms with van der Waals surface area (Å²) in [4.78, 5) is 26.7. The zero-order chi connectivity index (χ0) is 23.5. The molecule has 0 spiro atoms. The Hall–Kier alpha value is -2.85. The van der Waals surface area contributed by atoms with Gasteiger partial charge in [0, 0.05) is 13.1 Å². The zero-order valence-corrected chi connectivity index (χ0v) is 17.6. The van der Waals surface area contributed by atoms with E-state index in [1.54, 1.807) is 4.90 Å². The van der Waals surface area contributed by atoms with Crippen molar-refractivity contribution in [2.45, 2.75) is 19.2 Å². The van der Waals surface area contributed by atoms with Crippen LogP contribution in [0.15, 0.2) is 36.4 Å². The van der Waals surface area contributed by atoms with Crippen LogP contribution in [0.4, 0.5) is 28.9 Å². The number of anilines is 2. The minimum atomic E-state index is -4.61. The molecule has 1 amide bonds. The predicted octanol–water partition coefficient (Wildman–Crippen LogP) is 4.52. The first-order chi connectivity index (χ1) is 15.1. The fourth-order valence-electron chi connectivity index (χ4n) is 3.06. The fourth-order valence-corrected chi connectivity index (χ4v) is 3.30. The molecule has 11 heteroatoms. The Bertz CT molecular complexity index is 1010. The van der Waals surface area contributed by atoms with E-state index in [1.807, 2.05) is 0 Å². The Morgan fingerprint density at radius 1 is 1.16 bits per heavy atom. The fraction of sp³-hybridized carbons (Fsp3) is 0.333. The van der Waals surface area contributed by atoms with Crippen LogP contribution in [0.1, 0.15) is 22.8 Å². The number of rotatable bonds is 5. The van der Waals surface area contributed by atoms with Crippen molar-refractivity contribution in [3.63, 3.8) is 0 Å². The van der Waals surface area contributed by atoms with Crippen LogP contribution in [0.5, 0.6) is 0 Å². The van der Waals surface area contributed by atoms with Crippen molar-refractivity contribution in [2.75, 3.05) is 36.5 Å². The van der Waals surface area contributed by atoms with Crippen LogP contribution >= 0.6 is 11.6 Å². The molecule has 1 atom stereocenters. The number of carbonyl (C=O) groups excluding carboxylic acids is 2. The van der Waals surface area contributed by atoms with Gasteiger partial charge in [0.15, 0.2) is 6.10 Å². The highest BCUT2D eigenvalue weighted by molar-refractivity contribution is 6.33. The van der Waals surface area contributed by atoms with E-state index in [-0.39, 0.29) is 16.3 Å². The molecular weight excluding hydrogens is 456 g/mol. The average molecular weight is 475 g/mol. The van der Waals surface area contributed by atoms with Gasteiger partial charge in [-0.05, 0) is 43.3 Å². The number of esters is 1. The summed E-state index contributed by atoms with van der Waals surface area (Å²) in [5.41, 5.74) is -0.780. The number of carbonyl (C=O) groups is 2. The van der Waals surface area contributed by atoms with Crippen LogP contribution < -0.4 is 10.2 Å². The number of ether oxygens (including phenoxy) is 2. The van der Waals surface area contributed by atoms with Gasteiger partial charge >= 0.3 is 12.1 Å². The molecule has 1 saturated heterocycles. The maximum absolute atomic E-state index is 13.2. The minimum Gasteiger partial charge on any atom is -0.449 e. The molecule has 0 saturated carbocycles. The van der Waals surface area contributed by atoms with Crippen LogP contribution in [0.2, 0.25) is 5.02 Å². The molecule has 3 rings (SSSR count). The van der Waals surface area contributed by atoms with E-state index in [0.29, 0.717) is 32.0 Å². The van der Waals surface area contributed by atoms with Crippen molar-refractivity contribution in [3.8, 4) is 0 Å². The van der Waals surface area contributed by atoms with Crippen molar-refractivity contribution in [2.24, 2.45) is 0 Å². The van der Waals surface area contributed by atoms with Gasteiger partial charge in [-0.1, -0.05) is 11.6 Å². The number of morpholine rings is 1. The summed E-state index contributed by atoms with van der Waals surface area (Å²) < 4.78 is 63.1. The Morgan fingerprint density at radius 2 is 1.84 bits per heavy atom. The van der Waals surface area contributed by atoms with Gasteiger partial charge in [-0.15, -0.1) is 0 Å². The van der Waals surface area contributed by atoms with Crippen LogP contribution in [0.3, 0.4) is 0 Å². The molecular formula is C21H19ClF4N2O4. The number of nitrogens with one attached hydrogen (secondary N) is 1. The molecule has 1 N–H and O–H groups in total. The van der Waals surface area contributed by atoms with Crippen molar-refractivity contribution in [1.82, 2.24) is 0 Å². The Labute approximate surface area is 186 Å². The Kier molecular flexibility index (Phi) is 7.25. The van der Waals surface area contributed by atoms with Crippen molar-refractivity contribution in [1.29, 1.82) is 0 Å². The molecule has 6 nitrogen and oxygen atoms in total. The maximum Gasteiger partial charge on any atom is 0.416 e. The number of hydrogen-bond donors (Lipinski definition) is 1. The van der Waals surface area contributed by atoms with E-state index >= 15 is 0 Å². The number of amides is 1. The van der Waals surface area contributed by atoms with Crippen LogP contribution in [0.25, 0.3) is 0 Å². The van der Waals surface area contributed by atoms with Gasteiger partial charge in [0.1, 0.15) is 5.82 Å². The summed E-state index contributed by atoms with van der Waals surface area (Å²) in [6.07, 6.45) is -5.98. The predicted molar refractivity (Wildman–Crippen MR) is 109 cm³/mol. The second kappa shape index (κ2) is 9.74. The highest BCUT2D eigenvalue weighted by atomic mass is 35.5. The largest absolute Gasteiger partial charge is 0.449 e. The van der Waals surface area contributed by atoms with E-state index in [0.717, 1.165) is 30.3 Å². The Balaban J connectivity index is 1.79. The third-order valence-electron chi connectivity index (χ3n) is 4.74. The standard InChI is InChI=1S/C21H19ClF4N2O4/c1-12(32-20(30)15-4-3-14(23)11-16(15)22)19(29)27-17-10-13(21(24,25)26)2-5-18(17)28-6-8-31-9-7-28/h2-5,10-12H,6-9H2,1H3,(H,27,29). The molecule has 2 aromatic carbocycles. The number of nitrogens with zero attached hydrogens (tertiary/aromatic N) is 1. The smallest absolute Gasteiger partial charge is 0.416 e. The van der Waals surface area contributed by atoms with E-state index in [4.69, 9.17) is 21.1 Å². The summed E-state index contributed by atoms with van der Waals surface area (Å²) in [5, 5.41) is 2.21. The first kappa shape index (κ1) is 23.8. The SMILES string of the molecule is CC(OC(=O)c1ccc(F)cc1Cl)C(=O)Nc1cc(C(F)(F)F)ccc1N1CCOCC1. The third kappa shape index (κ3) is 5.68. The van der Waals surface area contributed by atoms with Crippen molar-refractivity contribution < 1.29 is 36.6 Å².